The van der Waals surface area contributed by atoms with Crippen LogP contribution >= 0.6 is 11.3 Å². The maximum Gasteiger partial charge on any atom is 0.330 e. The SMILES string of the molecule is Cn1c(=O)n(CCO)c2nc(N)nc(NCC(=O)c3nccs3)c21. The Hall–Kier alpha value is -2.79. The third kappa shape index (κ3) is 2.74. The molecule has 126 valence electrons. The largest absolute Gasteiger partial charge is 0.395 e. The number of fused-ring (bicyclic) bond motifs is 1. The van der Waals surface area contributed by atoms with Crippen LogP contribution in [0.25, 0.3) is 11.2 Å². The zero-order valence-corrected chi connectivity index (χ0v) is 13.6. The summed E-state index contributed by atoms with van der Waals surface area (Å²) in [5, 5.41) is 14.1. The molecule has 10 nitrogen and oxygen atoms in total. The van der Waals surface area contributed by atoms with Gasteiger partial charge in [0.1, 0.15) is 5.52 Å². The third-order valence-electron chi connectivity index (χ3n) is 3.40. The Morgan fingerprint density at radius 1 is 1.46 bits per heavy atom. The van der Waals surface area contributed by atoms with Gasteiger partial charge in [0.15, 0.2) is 16.5 Å². The number of aromatic nitrogens is 5. The number of rotatable bonds is 6. The average Bonchev–Trinajstić information content (AvgIpc) is 3.16. The van der Waals surface area contributed by atoms with E-state index in [1.165, 1.54) is 20.5 Å². The summed E-state index contributed by atoms with van der Waals surface area (Å²) in [6.45, 7) is -0.170. The van der Waals surface area contributed by atoms with Crippen LogP contribution in [0.2, 0.25) is 0 Å². The third-order valence-corrected chi connectivity index (χ3v) is 4.22. The van der Waals surface area contributed by atoms with Crippen LogP contribution in [0.4, 0.5) is 11.8 Å². The van der Waals surface area contributed by atoms with Crippen molar-refractivity contribution in [1.29, 1.82) is 0 Å². The number of nitrogen functional groups attached to an aromatic ring is 1. The van der Waals surface area contributed by atoms with Crippen molar-refractivity contribution in [2.24, 2.45) is 7.05 Å². The Morgan fingerprint density at radius 3 is 2.92 bits per heavy atom. The van der Waals surface area contributed by atoms with Crippen molar-refractivity contribution in [3.63, 3.8) is 0 Å². The number of aryl methyl sites for hydroxylation is 1. The summed E-state index contributed by atoms with van der Waals surface area (Å²) in [5.74, 6) is 0.0396. The molecule has 0 atom stereocenters. The van der Waals surface area contributed by atoms with Crippen LogP contribution in [0.3, 0.4) is 0 Å². The number of imidazole rings is 1. The molecule has 3 heterocycles. The summed E-state index contributed by atoms with van der Waals surface area (Å²) in [4.78, 5) is 36.4. The van der Waals surface area contributed by atoms with Gasteiger partial charge in [-0.25, -0.2) is 9.78 Å². The first-order valence-electron chi connectivity index (χ1n) is 7.03. The number of nitrogens with zero attached hydrogens (tertiary/aromatic N) is 5. The Bertz CT molecular complexity index is 945. The maximum atomic E-state index is 12.3. The number of anilines is 2. The highest BCUT2D eigenvalue weighted by atomic mass is 32.1. The van der Waals surface area contributed by atoms with E-state index in [1.807, 2.05) is 0 Å². The zero-order valence-electron chi connectivity index (χ0n) is 12.8. The number of thiazole rings is 1. The smallest absolute Gasteiger partial charge is 0.330 e. The number of carbonyl (C=O) groups is 1. The van der Waals surface area contributed by atoms with Crippen LogP contribution in [0.15, 0.2) is 16.4 Å². The molecule has 0 saturated carbocycles. The van der Waals surface area contributed by atoms with Crippen molar-refractivity contribution in [1.82, 2.24) is 24.1 Å². The molecule has 0 fully saturated rings. The van der Waals surface area contributed by atoms with Gasteiger partial charge in [-0.1, -0.05) is 0 Å². The van der Waals surface area contributed by atoms with Crippen molar-refractivity contribution in [2.45, 2.75) is 6.54 Å². The second kappa shape index (κ2) is 6.37. The van der Waals surface area contributed by atoms with Gasteiger partial charge in [0.05, 0.1) is 19.7 Å². The number of hydrogen-bond donors (Lipinski definition) is 3. The monoisotopic (exact) mass is 349 g/mol. The minimum Gasteiger partial charge on any atom is -0.395 e. The number of nitrogens with one attached hydrogen (secondary N) is 1. The quantitative estimate of drug-likeness (QED) is 0.504. The van der Waals surface area contributed by atoms with Gasteiger partial charge in [-0.3, -0.25) is 13.9 Å². The van der Waals surface area contributed by atoms with E-state index in [4.69, 9.17) is 10.8 Å². The van der Waals surface area contributed by atoms with Crippen molar-refractivity contribution in [3.8, 4) is 0 Å². The fourth-order valence-corrected chi connectivity index (χ4v) is 2.93. The van der Waals surface area contributed by atoms with Gasteiger partial charge < -0.3 is 16.2 Å². The lowest BCUT2D eigenvalue weighted by molar-refractivity contribution is 0.101. The van der Waals surface area contributed by atoms with Crippen LogP contribution in [-0.2, 0) is 13.6 Å². The summed E-state index contributed by atoms with van der Waals surface area (Å²) in [7, 11) is 1.56. The minimum atomic E-state index is -0.353. The Kier molecular flexibility index (Phi) is 4.27. The van der Waals surface area contributed by atoms with Gasteiger partial charge >= 0.3 is 5.69 Å². The summed E-state index contributed by atoms with van der Waals surface area (Å²) >= 11 is 1.24. The molecule has 0 bridgehead atoms. The fourth-order valence-electron chi connectivity index (χ4n) is 2.35. The van der Waals surface area contributed by atoms with Crippen LogP contribution in [-0.4, -0.2) is 48.1 Å². The maximum absolute atomic E-state index is 12.3. The second-order valence-corrected chi connectivity index (χ2v) is 5.83. The number of nitrogens with two attached hydrogens (primary N) is 1. The number of hydrogen-bond acceptors (Lipinski definition) is 9. The van der Waals surface area contributed by atoms with Gasteiger partial charge in [-0.2, -0.15) is 9.97 Å². The normalized spacial score (nSPS) is 11.1. The molecule has 0 aromatic carbocycles. The molecular formula is C13H15N7O3S. The van der Waals surface area contributed by atoms with E-state index >= 15 is 0 Å². The van der Waals surface area contributed by atoms with Crippen molar-refractivity contribution >= 4 is 40.1 Å². The van der Waals surface area contributed by atoms with Gasteiger partial charge in [0.25, 0.3) is 0 Å². The van der Waals surface area contributed by atoms with Gasteiger partial charge in [-0.05, 0) is 0 Å². The van der Waals surface area contributed by atoms with Crippen LogP contribution < -0.4 is 16.7 Å². The molecule has 0 radical (unpaired) electrons. The highest BCUT2D eigenvalue weighted by molar-refractivity contribution is 7.11. The van der Waals surface area contributed by atoms with Gasteiger partial charge in [-0.15, -0.1) is 11.3 Å². The number of carbonyl (C=O) groups excluding carboxylic acids is 1. The highest BCUT2D eigenvalue weighted by Gasteiger charge is 2.18. The first-order valence-corrected chi connectivity index (χ1v) is 7.91. The van der Waals surface area contributed by atoms with E-state index in [9.17, 15) is 9.59 Å². The lowest BCUT2D eigenvalue weighted by atomic mass is 10.4. The second-order valence-electron chi connectivity index (χ2n) is 4.93. The molecule has 24 heavy (non-hydrogen) atoms. The Morgan fingerprint density at radius 2 is 2.25 bits per heavy atom. The molecule has 0 spiro atoms. The lowest BCUT2D eigenvalue weighted by Gasteiger charge is -2.07. The molecule has 0 unspecified atom stereocenters. The molecule has 0 aliphatic carbocycles. The first kappa shape index (κ1) is 16.1. The van der Waals surface area contributed by atoms with E-state index < -0.39 is 0 Å². The summed E-state index contributed by atoms with van der Waals surface area (Å²) < 4.78 is 2.65. The van der Waals surface area contributed by atoms with E-state index in [0.29, 0.717) is 16.2 Å². The van der Waals surface area contributed by atoms with Crippen molar-refractivity contribution in [3.05, 3.63) is 27.1 Å². The Balaban J connectivity index is 2.00. The molecule has 3 aromatic rings. The standard InChI is InChI=1S/C13H15N7O3S/c1-19-8-9(16-6-7(22)11-15-2-5-24-11)17-12(14)18-10(8)20(3-4-21)13(19)23/h2,5,21H,3-4,6H2,1H3,(H3,14,16,17,18). The Labute approximate surface area is 139 Å². The summed E-state index contributed by atoms with van der Waals surface area (Å²) in [6, 6.07) is 0. The van der Waals surface area contributed by atoms with E-state index in [1.54, 1.807) is 18.6 Å². The highest BCUT2D eigenvalue weighted by Crippen LogP contribution is 2.20. The predicted octanol–water partition coefficient (Wildman–Crippen LogP) is -0.544. The topological polar surface area (TPSA) is 141 Å². The van der Waals surface area contributed by atoms with Gasteiger partial charge in [0, 0.05) is 18.6 Å². The number of Topliss-reactive ketones (excluding diaryl/α,β-unsaturated/α-hetero) is 1. The summed E-state index contributed by atoms with van der Waals surface area (Å²) in [6.07, 6.45) is 1.55. The average molecular weight is 349 g/mol. The van der Waals surface area contributed by atoms with E-state index in [-0.39, 0.29) is 42.9 Å². The molecule has 11 heteroatoms. The number of ketones is 1. The molecule has 3 rings (SSSR count). The fraction of sp³-hybridized carbons (Fsp3) is 0.308. The van der Waals surface area contributed by atoms with Crippen LogP contribution in [0.5, 0.6) is 0 Å². The van der Waals surface area contributed by atoms with Crippen LogP contribution in [0.1, 0.15) is 9.80 Å². The molecular weight excluding hydrogens is 334 g/mol. The van der Waals surface area contributed by atoms with E-state index in [2.05, 4.69) is 20.3 Å². The molecule has 3 aromatic heterocycles. The van der Waals surface area contributed by atoms with Gasteiger partial charge in [0.2, 0.25) is 11.7 Å². The minimum absolute atomic E-state index is 0.0380. The zero-order chi connectivity index (χ0) is 17.3. The first-order chi connectivity index (χ1) is 11.5. The molecule has 0 aliphatic rings. The number of aliphatic hydroxyl groups is 1. The van der Waals surface area contributed by atoms with Crippen LogP contribution in [0, 0.1) is 0 Å². The summed E-state index contributed by atoms with van der Waals surface area (Å²) in [5.41, 5.74) is 6.06. The predicted molar refractivity (Wildman–Crippen MR) is 89.2 cm³/mol. The van der Waals surface area contributed by atoms with Crippen molar-refractivity contribution in [2.75, 3.05) is 24.2 Å². The van der Waals surface area contributed by atoms with E-state index in [0.717, 1.165) is 0 Å². The molecule has 0 saturated heterocycles. The molecule has 0 amide bonds. The molecule has 0 aliphatic heterocycles. The van der Waals surface area contributed by atoms with Crippen molar-refractivity contribution < 1.29 is 9.90 Å². The molecule has 4 N–H and O–H groups in total. The number of aliphatic hydroxyl groups excluding tert-OH is 1. The lowest BCUT2D eigenvalue weighted by Crippen LogP contribution is -2.23.